The first-order valence-corrected chi connectivity index (χ1v) is 14.2. The molecule has 1 fully saturated rings. The first-order valence-electron chi connectivity index (χ1n) is 9.71. The zero-order chi connectivity index (χ0) is 22.1. The van der Waals surface area contributed by atoms with Crippen LogP contribution in [0.15, 0.2) is 17.0 Å². The lowest BCUT2D eigenvalue weighted by Crippen LogP contribution is -2.41. The molecule has 0 spiro atoms. The number of carbonyl (C=O) groups is 2. The molecule has 2 aromatic heterocycles. The first kappa shape index (κ1) is 22.4. The Labute approximate surface area is 184 Å². The van der Waals surface area contributed by atoms with E-state index in [1.54, 1.807) is 23.9 Å². The number of nitriles is 1. The molecule has 2 atom stereocenters. The summed E-state index contributed by atoms with van der Waals surface area (Å²) in [4.78, 5) is 35.4. The number of carbonyl (C=O) groups excluding carboxylic acids is 2. The van der Waals surface area contributed by atoms with Crippen LogP contribution in [0, 0.1) is 11.3 Å². The maximum absolute atomic E-state index is 12.9. The first-order chi connectivity index (χ1) is 14.1. The van der Waals surface area contributed by atoms with Crippen molar-refractivity contribution in [3.8, 4) is 6.07 Å². The van der Waals surface area contributed by atoms with E-state index in [1.807, 2.05) is 6.07 Å². The quantitative estimate of drug-likeness (QED) is 0.343. The Kier molecular flexibility index (Phi) is 6.59. The van der Waals surface area contributed by atoms with Gasteiger partial charge in [0.2, 0.25) is 5.91 Å². The van der Waals surface area contributed by atoms with E-state index >= 15 is 0 Å². The van der Waals surface area contributed by atoms with E-state index < -0.39 is 26.1 Å². The molecular weight excluding hydrogens is 468 g/mol. The largest absolute Gasteiger partial charge is 0.361 e. The van der Waals surface area contributed by atoms with Gasteiger partial charge in [-0.15, -0.1) is 0 Å². The number of rotatable bonds is 8. The molecule has 160 valence electrons. The predicted molar refractivity (Wildman–Crippen MR) is 117 cm³/mol. The van der Waals surface area contributed by atoms with Gasteiger partial charge in [-0.3, -0.25) is 9.59 Å². The van der Waals surface area contributed by atoms with Crippen LogP contribution in [0.5, 0.6) is 0 Å². The van der Waals surface area contributed by atoms with Crippen molar-refractivity contribution in [1.29, 1.82) is 5.26 Å². The maximum atomic E-state index is 12.9. The fraction of sp³-hybridized carbons (Fsp3) is 0.526. The van der Waals surface area contributed by atoms with E-state index in [2.05, 4.69) is 50.9 Å². The van der Waals surface area contributed by atoms with Crippen molar-refractivity contribution in [3.05, 3.63) is 22.6 Å². The maximum Gasteiger partial charge on any atom is 0.255 e. The van der Waals surface area contributed by atoms with Gasteiger partial charge in [-0.1, -0.05) is 19.6 Å². The van der Waals surface area contributed by atoms with E-state index in [4.69, 9.17) is 10.00 Å². The summed E-state index contributed by atoms with van der Waals surface area (Å²) >= 11 is 3.29. The lowest BCUT2D eigenvalue weighted by molar-refractivity contribution is -0.127. The van der Waals surface area contributed by atoms with Gasteiger partial charge < -0.3 is 19.5 Å². The molecule has 1 N–H and O–H groups in total. The Balaban J connectivity index is 1.74. The monoisotopic (exact) mass is 492 g/mol. The zero-order valence-electron chi connectivity index (χ0n) is 17.5. The van der Waals surface area contributed by atoms with Gasteiger partial charge in [-0.05, 0) is 28.9 Å². The van der Waals surface area contributed by atoms with Crippen LogP contribution in [0.25, 0.3) is 11.2 Å². The summed E-state index contributed by atoms with van der Waals surface area (Å²) in [6.45, 7) is 9.76. The van der Waals surface area contributed by atoms with Crippen molar-refractivity contribution in [2.45, 2.75) is 51.4 Å². The topological polar surface area (TPSA) is 113 Å². The smallest absolute Gasteiger partial charge is 0.255 e. The number of halogens is 1. The summed E-state index contributed by atoms with van der Waals surface area (Å²) in [5, 5.41) is 11.6. The highest BCUT2D eigenvalue weighted by atomic mass is 79.9. The van der Waals surface area contributed by atoms with Crippen LogP contribution in [0.2, 0.25) is 25.7 Å². The molecule has 0 aliphatic carbocycles. The van der Waals surface area contributed by atoms with E-state index in [1.165, 1.54) is 4.90 Å². The van der Waals surface area contributed by atoms with Gasteiger partial charge in [0, 0.05) is 20.9 Å². The summed E-state index contributed by atoms with van der Waals surface area (Å²) in [6.07, 6.45) is 3.21. The normalized spacial score (nSPS) is 16.9. The lowest BCUT2D eigenvalue weighted by atomic mass is 10.2. The SMILES string of the molecule is C[C@H](NC(=O)c1cn(COCC[Si](C)(C)C)c2ncc(Br)nc12)C(=O)N1CC1C#N. The molecule has 30 heavy (non-hydrogen) atoms. The Morgan fingerprint density at radius 3 is 2.83 bits per heavy atom. The third-order valence-electron chi connectivity index (χ3n) is 4.77. The second-order valence-corrected chi connectivity index (χ2v) is 15.0. The number of hydrogen-bond acceptors (Lipinski definition) is 6. The molecule has 2 aromatic rings. The van der Waals surface area contributed by atoms with Crippen molar-refractivity contribution in [2.75, 3.05) is 13.2 Å². The molecule has 0 aromatic carbocycles. The third-order valence-corrected chi connectivity index (χ3v) is 6.86. The van der Waals surface area contributed by atoms with Crippen LogP contribution in [0.4, 0.5) is 0 Å². The van der Waals surface area contributed by atoms with Crippen molar-refractivity contribution < 1.29 is 14.3 Å². The highest BCUT2D eigenvalue weighted by Gasteiger charge is 2.40. The Morgan fingerprint density at radius 2 is 2.20 bits per heavy atom. The molecule has 1 aliphatic rings. The highest BCUT2D eigenvalue weighted by Crippen LogP contribution is 2.21. The third kappa shape index (κ3) is 5.24. The molecule has 1 unspecified atom stereocenters. The Hall–Kier alpha value is -2.29. The average Bonchev–Trinajstić information content (AvgIpc) is 3.38. The van der Waals surface area contributed by atoms with Crippen LogP contribution in [0.3, 0.4) is 0 Å². The van der Waals surface area contributed by atoms with Gasteiger partial charge in [0.05, 0.1) is 24.4 Å². The van der Waals surface area contributed by atoms with E-state index in [-0.39, 0.29) is 12.6 Å². The molecular formula is C19H25BrN6O3Si. The van der Waals surface area contributed by atoms with Crippen LogP contribution in [0.1, 0.15) is 17.3 Å². The molecule has 1 aliphatic heterocycles. The van der Waals surface area contributed by atoms with E-state index in [0.717, 1.165) is 6.04 Å². The molecule has 3 rings (SSSR count). The number of fused-ring (bicyclic) bond motifs is 1. The Bertz CT molecular complexity index is 1010. The lowest BCUT2D eigenvalue weighted by Gasteiger charge is -2.15. The van der Waals surface area contributed by atoms with Gasteiger partial charge in [0.25, 0.3) is 5.91 Å². The van der Waals surface area contributed by atoms with Gasteiger partial charge in [-0.2, -0.15) is 5.26 Å². The number of amides is 2. The van der Waals surface area contributed by atoms with Crippen molar-refractivity contribution in [3.63, 3.8) is 0 Å². The number of nitrogens with one attached hydrogen (secondary N) is 1. The summed E-state index contributed by atoms with van der Waals surface area (Å²) < 4.78 is 8.06. The molecule has 0 radical (unpaired) electrons. The summed E-state index contributed by atoms with van der Waals surface area (Å²) in [5.41, 5.74) is 1.28. The molecule has 2 amide bonds. The predicted octanol–water partition coefficient (Wildman–Crippen LogP) is 2.36. The van der Waals surface area contributed by atoms with Crippen LogP contribution < -0.4 is 5.32 Å². The Morgan fingerprint density at radius 1 is 1.47 bits per heavy atom. The molecule has 9 nitrogen and oxygen atoms in total. The van der Waals surface area contributed by atoms with Gasteiger partial charge >= 0.3 is 0 Å². The van der Waals surface area contributed by atoms with Crippen LogP contribution in [-0.2, 0) is 16.3 Å². The second kappa shape index (κ2) is 8.83. The van der Waals surface area contributed by atoms with Crippen molar-refractivity contribution >= 4 is 47.0 Å². The fourth-order valence-electron chi connectivity index (χ4n) is 2.91. The van der Waals surface area contributed by atoms with Crippen molar-refractivity contribution in [1.82, 2.24) is 24.8 Å². The number of nitrogens with zero attached hydrogens (tertiary/aromatic N) is 5. The van der Waals surface area contributed by atoms with Gasteiger partial charge in [0.1, 0.15) is 28.9 Å². The van der Waals surface area contributed by atoms with E-state index in [9.17, 15) is 9.59 Å². The highest BCUT2D eigenvalue weighted by molar-refractivity contribution is 9.10. The minimum Gasteiger partial charge on any atom is -0.361 e. The van der Waals surface area contributed by atoms with E-state index in [0.29, 0.717) is 34.5 Å². The summed E-state index contributed by atoms with van der Waals surface area (Å²) in [5.74, 6) is -0.704. The standard InChI is InChI=1S/C19H25BrN6O3Si/c1-12(19(28)26-9-13(26)7-21)23-18(27)14-10-25(11-29-5-6-30(2,3)4)17-16(14)24-15(20)8-22-17/h8,10,12-13H,5-6,9,11H2,1-4H3,(H,23,27)/t12-,13?,26?/m0/s1. The molecule has 1 saturated heterocycles. The summed E-state index contributed by atoms with van der Waals surface area (Å²) in [7, 11) is -1.20. The van der Waals surface area contributed by atoms with Gasteiger partial charge in [-0.25, -0.2) is 9.97 Å². The zero-order valence-corrected chi connectivity index (χ0v) is 20.1. The second-order valence-electron chi connectivity index (χ2n) is 8.56. The average molecular weight is 493 g/mol. The van der Waals surface area contributed by atoms with Crippen LogP contribution in [-0.4, -0.2) is 64.6 Å². The number of hydrogen-bond donors (Lipinski definition) is 1. The molecule has 0 bridgehead atoms. The molecule has 0 saturated carbocycles. The number of ether oxygens (including phenoxy) is 1. The van der Waals surface area contributed by atoms with Crippen LogP contribution >= 0.6 is 15.9 Å². The fourth-order valence-corrected chi connectivity index (χ4v) is 3.95. The van der Waals surface area contributed by atoms with Gasteiger partial charge in [0.15, 0.2) is 5.65 Å². The summed E-state index contributed by atoms with van der Waals surface area (Å²) in [6, 6.07) is 1.93. The molecule has 3 heterocycles. The minimum absolute atomic E-state index is 0.261. The molecule has 11 heteroatoms. The van der Waals surface area contributed by atoms with Crippen molar-refractivity contribution in [2.24, 2.45) is 0 Å². The minimum atomic E-state index is -1.20. The number of aromatic nitrogens is 3.